The number of fused-ring (bicyclic) bond motifs is 1. The van der Waals surface area contributed by atoms with Gasteiger partial charge in [-0.25, -0.2) is 14.6 Å². The van der Waals surface area contributed by atoms with Gasteiger partial charge in [0.15, 0.2) is 10.8 Å². The number of thiazole rings is 1. The van der Waals surface area contributed by atoms with Crippen LogP contribution in [0.25, 0.3) is 0 Å². The summed E-state index contributed by atoms with van der Waals surface area (Å²) < 4.78 is 5.54. The number of hydrogen-bond donors (Lipinski definition) is 4. The molecular weight excluding hydrogens is 961 g/mol. The second-order valence-corrected chi connectivity index (χ2v) is 19.6. The van der Waals surface area contributed by atoms with Crippen molar-refractivity contribution in [3.8, 4) is 0 Å². The van der Waals surface area contributed by atoms with Gasteiger partial charge >= 0.3 is 12.1 Å². The maximum atomic E-state index is 15.1. The Morgan fingerprint density at radius 2 is 1.22 bits per heavy atom. The summed E-state index contributed by atoms with van der Waals surface area (Å²) in [5.74, 6) is -2.73. The monoisotopic (exact) mass is 1010 g/mol. The van der Waals surface area contributed by atoms with Crippen molar-refractivity contribution in [2.24, 2.45) is 5.16 Å². The van der Waals surface area contributed by atoms with Gasteiger partial charge in [-0.05, 0) is 29.5 Å². The number of hydrogen-bond acceptors (Lipinski definition) is 12. The number of anilines is 1. The molecule has 2 fully saturated rings. The van der Waals surface area contributed by atoms with Gasteiger partial charge in [-0.2, -0.15) is 0 Å². The molecule has 4 N–H and O–H groups in total. The third-order valence-electron chi connectivity index (χ3n) is 13.4. The molecule has 2 saturated heterocycles. The quantitative estimate of drug-likeness (QED) is 0.0297. The molecule has 3 aliphatic rings. The first-order valence-corrected chi connectivity index (χ1v) is 25.7. The van der Waals surface area contributed by atoms with Crippen molar-refractivity contribution in [3.05, 3.63) is 238 Å². The van der Waals surface area contributed by atoms with Crippen LogP contribution in [0.5, 0.6) is 0 Å². The van der Waals surface area contributed by atoms with Crippen molar-refractivity contribution in [1.82, 2.24) is 20.1 Å². The van der Waals surface area contributed by atoms with Crippen molar-refractivity contribution in [2.45, 2.75) is 41.4 Å². The highest BCUT2D eigenvalue weighted by atomic mass is 32.2. The number of oxime groups is 1. The molecule has 1 aromatic heterocycles. The van der Waals surface area contributed by atoms with Gasteiger partial charge in [0, 0.05) is 39.9 Å². The van der Waals surface area contributed by atoms with Gasteiger partial charge in [0.25, 0.3) is 11.8 Å². The molecule has 3 atom stereocenters. The average molecular weight is 1010 g/mol. The van der Waals surface area contributed by atoms with Crippen LogP contribution < -0.4 is 10.6 Å². The summed E-state index contributed by atoms with van der Waals surface area (Å²) in [5, 5.41) is 33.0. The molecule has 0 bridgehead atoms. The van der Waals surface area contributed by atoms with E-state index in [0.717, 1.165) is 38.3 Å². The minimum atomic E-state index is -1.40. The number of ether oxygens (including phenoxy) is 1. The largest absolute Gasteiger partial charge is 0.477 e. The first kappa shape index (κ1) is 48.6. The number of likely N-dealkylation sites (tertiary alicyclic amines) is 1. The zero-order valence-corrected chi connectivity index (χ0v) is 41.0. The molecule has 3 amide bonds. The predicted octanol–water partition coefficient (Wildman–Crippen LogP) is 8.59. The Kier molecular flexibility index (Phi) is 14.2. The van der Waals surface area contributed by atoms with E-state index in [0.29, 0.717) is 24.5 Å². The van der Waals surface area contributed by atoms with Crippen LogP contribution in [0.4, 0.5) is 9.93 Å². The number of carboxylic acids is 1. The normalized spacial score (nSPS) is 17.8. The molecule has 73 heavy (non-hydrogen) atoms. The third-order valence-corrected chi connectivity index (χ3v) is 15.5. The highest BCUT2D eigenvalue weighted by Gasteiger charge is 2.55. The van der Waals surface area contributed by atoms with E-state index in [1.165, 1.54) is 28.0 Å². The van der Waals surface area contributed by atoms with Crippen LogP contribution in [-0.2, 0) is 35.1 Å². The standard InChI is InChI=1S/C57H50N6O8S2/c64-34-45-32-19-33-62(45)55(69)70-35-38-36-72-52-48(51(66)63(52)49(38)53(67)68)59-50(65)47(61-71-57(42-26-13-4-14-27-42,43-28-15-5-16-29-43)44-30-17-6-18-31-44)46-37-73-54(58-46)60-56(39-20-7-1-8-21-39,40-22-9-2-10-23-40)41-24-11-3-12-25-41/h1-18,20-31,37,45,48,52,64H,19,32-36H2,(H,58,60)(H,59,65)(H,67,68)/b61-47-/t45-,48?,52+/m0/s1. The lowest BCUT2D eigenvalue weighted by Gasteiger charge is -2.49. The maximum Gasteiger partial charge on any atom is 0.410 e. The van der Waals surface area contributed by atoms with Gasteiger partial charge in [0.1, 0.15) is 35.0 Å². The van der Waals surface area contributed by atoms with Gasteiger partial charge in [-0.3, -0.25) is 14.5 Å². The van der Waals surface area contributed by atoms with E-state index in [1.54, 1.807) is 5.38 Å². The van der Waals surface area contributed by atoms with Crippen molar-refractivity contribution in [1.29, 1.82) is 0 Å². The molecule has 6 aromatic carbocycles. The minimum Gasteiger partial charge on any atom is -0.477 e. The molecule has 1 unspecified atom stereocenters. The number of thioether (sulfide) groups is 1. The van der Waals surface area contributed by atoms with E-state index in [-0.39, 0.29) is 47.7 Å². The summed E-state index contributed by atoms with van der Waals surface area (Å²) in [5.41, 5.74) is 2.46. The predicted molar refractivity (Wildman–Crippen MR) is 280 cm³/mol. The molecule has 10 rings (SSSR count). The number of aromatic nitrogens is 1. The Balaban J connectivity index is 1.03. The van der Waals surface area contributed by atoms with E-state index in [1.807, 2.05) is 146 Å². The van der Waals surface area contributed by atoms with Crippen LogP contribution >= 0.6 is 23.1 Å². The highest BCUT2D eigenvalue weighted by molar-refractivity contribution is 8.00. The van der Waals surface area contributed by atoms with Crippen LogP contribution in [-0.4, -0.2) is 97.6 Å². The second-order valence-electron chi connectivity index (χ2n) is 17.7. The summed E-state index contributed by atoms with van der Waals surface area (Å²) in [6.45, 7) is -0.167. The number of rotatable bonds is 17. The molecule has 7 aromatic rings. The Labute approximate surface area is 430 Å². The molecule has 368 valence electrons. The summed E-state index contributed by atoms with van der Waals surface area (Å²) in [4.78, 5) is 69.7. The number of aliphatic hydroxyl groups is 1. The van der Waals surface area contributed by atoms with Gasteiger partial charge in [0.05, 0.1) is 12.6 Å². The molecule has 0 radical (unpaired) electrons. The van der Waals surface area contributed by atoms with E-state index >= 15 is 4.79 Å². The Morgan fingerprint density at radius 1 is 0.726 bits per heavy atom. The second kappa shape index (κ2) is 21.3. The first-order valence-electron chi connectivity index (χ1n) is 23.8. The molecule has 0 saturated carbocycles. The number of nitrogens with zero attached hydrogens (tertiary/aromatic N) is 4. The number of nitrogens with one attached hydrogen (secondary N) is 2. The lowest BCUT2D eigenvalue weighted by molar-refractivity contribution is -0.150. The molecule has 0 spiro atoms. The van der Waals surface area contributed by atoms with E-state index < -0.39 is 46.4 Å². The molecule has 16 heteroatoms. The van der Waals surface area contributed by atoms with Crippen LogP contribution in [0.15, 0.2) is 204 Å². The van der Waals surface area contributed by atoms with Gasteiger partial charge < -0.3 is 35.3 Å². The van der Waals surface area contributed by atoms with Crippen LogP contribution in [0.1, 0.15) is 51.9 Å². The fraction of sp³-hybridized carbons (Fsp3) is 0.193. The van der Waals surface area contributed by atoms with Crippen molar-refractivity contribution in [2.75, 3.05) is 30.8 Å². The molecular formula is C57H50N6O8S2. The number of amides is 3. The SMILES string of the molecule is O=C(O)C1=C(COC(=O)N2CCC[C@H]2CO)CS[C@@H]2C(NC(=O)/C(=N\OC(c3ccccc3)(c3ccccc3)c3ccccc3)c3csc(NC(c4ccccc4)(c4ccccc4)c4ccccc4)n3)C(=O)N12. The van der Waals surface area contributed by atoms with Gasteiger partial charge in [0.2, 0.25) is 5.60 Å². The van der Waals surface area contributed by atoms with Gasteiger partial charge in [-0.15, -0.1) is 23.1 Å². The fourth-order valence-electron chi connectivity index (χ4n) is 9.88. The Bertz CT molecular complexity index is 2950. The Hall–Kier alpha value is -8.05. The number of β-lactam (4-membered cyclic amide) rings is 1. The molecule has 3 aliphatic heterocycles. The van der Waals surface area contributed by atoms with Crippen LogP contribution in [0.3, 0.4) is 0 Å². The zero-order valence-electron chi connectivity index (χ0n) is 39.3. The lowest BCUT2D eigenvalue weighted by atomic mass is 9.77. The number of carbonyl (C=O) groups excluding carboxylic acids is 3. The Morgan fingerprint density at radius 3 is 1.70 bits per heavy atom. The molecule has 14 nitrogen and oxygen atoms in total. The van der Waals surface area contributed by atoms with Crippen molar-refractivity contribution < 1.29 is 39.0 Å². The topological polar surface area (TPSA) is 183 Å². The van der Waals surface area contributed by atoms with Crippen molar-refractivity contribution >= 4 is 57.8 Å². The fourth-order valence-corrected chi connectivity index (χ4v) is 12.0. The smallest absolute Gasteiger partial charge is 0.410 e. The number of carbonyl (C=O) groups is 4. The summed E-state index contributed by atoms with van der Waals surface area (Å²) >= 11 is 2.50. The zero-order chi connectivity index (χ0) is 50.4. The number of carboxylic acid groups (broad SMARTS) is 1. The third kappa shape index (κ3) is 9.36. The lowest BCUT2D eigenvalue weighted by Crippen LogP contribution is -2.71. The summed E-state index contributed by atoms with van der Waals surface area (Å²) in [6.07, 6.45) is 0.671. The molecule has 0 aliphatic carbocycles. The first-order chi connectivity index (χ1) is 35.7. The van der Waals surface area contributed by atoms with E-state index in [2.05, 4.69) is 47.0 Å². The van der Waals surface area contributed by atoms with E-state index in [9.17, 15) is 24.6 Å². The van der Waals surface area contributed by atoms with Crippen LogP contribution in [0.2, 0.25) is 0 Å². The number of aliphatic carboxylic acids is 1. The highest BCUT2D eigenvalue weighted by Crippen LogP contribution is 2.44. The maximum absolute atomic E-state index is 15.1. The van der Waals surface area contributed by atoms with Crippen LogP contribution in [0, 0.1) is 0 Å². The van der Waals surface area contributed by atoms with Crippen molar-refractivity contribution in [3.63, 3.8) is 0 Å². The number of aliphatic hydroxyl groups excluding tert-OH is 1. The minimum absolute atomic E-state index is 0.101. The summed E-state index contributed by atoms with van der Waals surface area (Å²) in [6, 6.07) is 57.3. The van der Waals surface area contributed by atoms with E-state index in [4.69, 9.17) is 19.7 Å². The average Bonchev–Trinajstić information content (AvgIpc) is 4.14. The van der Waals surface area contributed by atoms with Gasteiger partial charge in [-0.1, -0.05) is 187 Å². The summed E-state index contributed by atoms with van der Waals surface area (Å²) in [7, 11) is 0. The number of benzene rings is 6. The molecule has 4 heterocycles.